The Labute approximate surface area is 130 Å². The highest BCUT2D eigenvalue weighted by molar-refractivity contribution is 7.99. The van der Waals surface area contributed by atoms with Gasteiger partial charge in [0, 0.05) is 30.7 Å². The summed E-state index contributed by atoms with van der Waals surface area (Å²) in [5.41, 5.74) is 0. The lowest BCUT2D eigenvalue weighted by Gasteiger charge is -2.29. The van der Waals surface area contributed by atoms with Crippen LogP contribution in [-0.2, 0) is 0 Å². The summed E-state index contributed by atoms with van der Waals surface area (Å²) >= 11 is 13.6. The van der Waals surface area contributed by atoms with Gasteiger partial charge in [-0.15, -0.1) is 0 Å². The SMILES string of the molecule is Cc1cc(NC(=O)/N=C(\C(Cl)Cl)N2CCSCC2)no1. The van der Waals surface area contributed by atoms with Crippen LogP contribution in [-0.4, -0.2) is 51.4 Å². The molecule has 1 N–H and O–H groups in total. The average molecular weight is 337 g/mol. The van der Waals surface area contributed by atoms with Crippen molar-refractivity contribution in [2.24, 2.45) is 4.99 Å². The number of carbonyl (C=O) groups excluding carboxylic acids is 1. The topological polar surface area (TPSA) is 70.7 Å². The van der Waals surface area contributed by atoms with Gasteiger partial charge in [-0.25, -0.2) is 4.79 Å². The number of anilines is 1. The Balaban J connectivity index is 2.05. The first-order chi connectivity index (χ1) is 9.56. The molecule has 0 atom stereocenters. The molecule has 1 aliphatic rings. The summed E-state index contributed by atoms with van der Waals surface area (Å²) < 4.78 is 4.86. The van der Waals surface area contributed by atoms with Crippen molar-refractivity contribution in [3.8, 4) is 0 Å². The van der Waals surface area contributed by atoms with E-state index in [4.69, 9.17) is 27.7 Å². The molecule has 2 heterocycles. The zero-order chi connectivity index (χ0) is 14.5. The van der Waals surface area contributed by atoms with Crippen LogP contribution in [0.25, 0.3) is 0 Å². The molecule has 6 nitrogen and oxygen atoms in total. The molecular weight excluding hydrogens is 323 g/mol. The van der Waals surface area contributed by atoms with E-state index in [-0.39, 0.29) is 0 Å². The number of thioether (sulfide) groups is 1. The molecule has 2 rings (SSSR count). The predicted octanol–water partition coefficient (Wildman–Crippen LogP) is 2.77. The maximum atomic E-state index is 11.8. The van der Waals surface area contributed by atoms with Gasteiger partial charge in [-0.05, 0) is 6.92 Å². The van der Waals surface area contributed by atoms with Crippen LogP contribution in [0.5, 0.6) is 0 Å². The molecule has 9 heteroatoms. The summed E-state index contributed by atoms with van der Waals surface area (Å²) in [6.07, 6.45) is 0. The Bertz CT molecular complexity index is 500. The molecule has 0 aromatic carbocycles. The van der Waals surface area contributed by atoms with E-state index in [2.05, 4.69) is 15.5 Å². The highest BCUT2D eigenvalue weighted by atomic mass is 35.5. The molecule has 1 fully saturated rings. The van der Waals surface area contributed by atoms with Crippen LogP contribution in [0.15, 0.2) is 15.6 Å². The number of carbonyl (C=O) groups is 1. The standard InChI is InChI=1S/C11H14Cl2N4O2S/c1-7-6-8(16-19-7)14-11(18)15-10(9(12)13)17-2-4-20-5-3-17/h6,9H,2-5H2,1H3,(H,14,16,18)/b15-10+. The molecule has 0 saturated carbocycles. The van der Waals surface area contributed by atoms with Gasteiger partial charge in [0.15, 0.2) is 10.7 Å². The van der Waals surface area contributed by atoms with E-state index in [1.165, 1.54) is 0 Å². The third-order valence-corrected chi connectivity index (χ3v) is 3.94. The molecule has 0 spiro atoms. The van der Waals surface area contributed by atoms with Crippen molar-refractivity contribution in [3.05, 3.63) is 11.8 Å². The van der Waals surface area contributed by atoms with Crippen molar-refractivity contribution < 1.29 is 9.32 Å². The number of hydrogen-bond acceptors (Lipinski definition) is 4. The van der Waals surface area contributed by atoms with Crippen LogP contribution in [0.4, 0.5) is 10.6 Å². The Hall–Kier alpha value is -0.920. The normalized spacial score (nSPS) is 16.6. The van der Waals surface area contributed by atoms with Crippen LogP contribution < -0.4 is 5.32 Å². The minimum absolute atomic E-state index is 0.311. The van der Waals surface area contributed by atoms with Gasteiger partial charge in [0.2, 0.25) is 0 Å². The number of aromatic nitrogens is 1. The first-order valence-electron chi connectivity index (χ1n) is 6.00. The van der Waals surface area contributed by atoms with Gasteiger partial charge in [-0.2, -0.15) is 16.8 Å². The molecule has 20 heavy (non-hydrogen) atoms. The van der Waals surface area contributed by atoms with Crippen LogP contribution >= 0.6 is 35.0 Å². The van der Waals surface area contributed by atoms with Gasteiger partial charge in [-0.1, -0.05) is 28.4 Å². The largest absolute Gasteiger partial charge is 0.360 e. The summed E-state index contributed by atoms with van der Waals surface area (Å²) in [6, 6.07) is 1.03. The molecule has 1 saturated heterocycles. The molecule has 0 unspecified atom stereocenters. The fourth-order valence-corrected chi connectivity index (χ4v) is 2.99. The fraction of sp³-hybridized carbons (Fsp3) is 0.545. The number of alkyl halides is 2. The molecular formula is C11H14Cl2N4O2S. The van der Waals surface area contributed by atoms with Crippen molar-refractivity contribution in [3.63, 3.8) is 0 Å². The summed E-state index contributed by atoms with van der Waals surface area (Å²) in [5.74, 6) is 3.20. The lowest BCUT2D eigenvalue weighted by molar-refractivity contribution is 0.259. The summed E-state index contributed by atoms with van der Waals surface area (Å²) in [5, 5.41) is 6.17. The second kappa shape index (κ2) is 7.19. The quantitative estimate of drug-likeness (QED) is 0.510. The first kappa shape index (κ1) is 15.5. The third kappa shape index (κ3) is 4.29. The van der Waals surface area contributed by atoms with E-state index in [1.807, 2.05) is 16.7 Å². The van der Waals surface area contributed by atoms with Crippen LogP contribution in [0, 0.1) is 6.92 Å². The number of amidine groups is 1. The van der Waals surface area contributed by atoms with E-state index < -0.39 is 10.9 Å². The van der Waals surface area contributed by atoms with Crippen molar-refractivity contribution in [2.75, 3.05) is 29.9 Å². The van der Waals surface area contributed by atoms with E-state index >= 15 is 0 Å². The zero-order valence-electron chi connectivity index (χ0n) is 10.8. The third-order valence-electron chi connectivity index (χ3n) is 2.61. The number of urea groups is 1. The number of nitrogens with zero attached hydrogens (tertiary/aromatic N) is 3. The van der Waals surface area contributed by atoms with Crippen molar-refractivity contribution in [2.45, 2.75) is 11.8 Å². The molecule has 1 aromatic heterocycles. The fourth-order valence-electron chi connectivity index (χ4n) is 1.72. The Morgan fingerprint density at radius 2 is 2.25 bits per heavy atom. The average Bonchev–Trinajstić information content (AvgIpc) is 2.82. The van der Waals surface area contributed by atoms with E-state index in [9.17, 15) is 4.79 Å². The number of aliphatic imine (C=N–C) groups is 1. The van der Waals surface area contributed by atoms with E-state index in [0.29, 0.717) is 17.4 Å². The molecule has 110 valence electrons. The Morgan fingerprint density at radius 1 is 1.55 bits per heavy atom. The van der Waals surface area contributed by atoms with Gasteiger partial charge in [0.1, 0.15) is 11.6 Å². The predicted molar refractivity (Wildman–Crippen MR) is 82.1 cm³/mol. The van der Waals surface area contributed by atoms with Gasteiger partial charge in [-0.3, -0.25) is 5.32 Å². The highest BCUT2D eigenvalue weighted by Crippen LogP contribution is 2.16. The smallest absolute Gasteiger partial charge is 0.348 e. The molecule has 1 aliphatic heterocycles. The summed E-state index contributed by atoms with van der Waals surface area (Å²) in [4.78, 5) is 16.9. The molecule has 0 aliphatic carbocycles. The summed E-state index contributed by atoms with van der Waals surface area (Å²) in [6.45, 7) is 3.28. The summed E-state index contributed by atoms with van der Waals surface area (Å²) in [7, 11) is 0. The second-order valence-electron chi connectivity index (χ2n) is 4.12. The first-order valence-corrected chi connectivity index (χ1v) is 8.03. The van der Waals surface area contributed by atoms with Gasteiger partial charge >= 0.3 is 6.03 Å². The molecule has 0 radical (unpaired) electrons. The second-order valence-corrected chi connectivity index (χ2v) is 6.44. The highest BCUT2D eigenvalue weighted by Gasteiger charge is 2.21. The number of rotatable bonds is 2. The minimum atomic E-state index is -0.845. The van der Waals surface area contributed by atoms with Crippen molar-refractivity contribution in [1.29, 1.82) is 0 Å². The maximum Gasteiger partial charge on any atom is 0.348 e. The van der Waals surface area contributed by atoms with Crippen LogP contribution in [0.3, 0.4) is 0 Å². The van der Waals surface area contributed by atoms with E-state index in [1.54, 1.807) is 13.0 Å². The van der Waals surface area contributed by atoms with Crippen molar-refractivity contribution >= 4 is 52.6 Å². The van der Waals surface area contributed by atoms with Gasteiger partial charge < -0.3 is 9.42 Å². The maximum absolute atomic E-state index is 11.8. The number of halogens is 2. The minimum Gasteiger partial charge on any atom is -0.360 e. The number of nitrogens with one attached hydrogen (secondary N) is 1. The molecule has 0 bridgehead atoms. The van der Waals surface area contributed by atoms with Crippen LogP contribution in [0.1, 0.15) is 5.76 Å². The van der Waals surface area contributed by atoms with Gasteiger partial charge in [0.05, 0.1) is 0 Å². The van der Waals surface area contributed by atoms with Crippen molar-refractivity contribution in [1.82, 2.24) is 10.1 Å². The zero-order valence-corrected chi connectivity index (χ0v) is 13.1. The number of aryl methyl sites for hydroxylation is 1. The Morgan fingerprint density at radius 3 is 2.80 bits per heavy atom. The molecule has 2 amide bonds. The number of hydrogen-bond donors (Lipinski definition) is 1. The lowest BCUT2D eigenvalue weighted by atomic mass is 10.4. The lowest BCUT2D eigenvalue weighted by Crippen LogP contribution is -2.41. The van der Waals surface area contributed by atoms with Gasteiger partial charge in [0.25, 0.3) is 0 Å². The van der Waals surface area contributed by atoms with E-state index in [0.717, 1.165) is 24.6 Å². The Kier molecular flexibility index (Phi) is 5.56. The monoisotopic (exact) mass is 336 g/mol. The number of amides is 2. The molecule has 1 aromatic rings. The van der Waals surface area contributed by atoms with Crippen LogP contribution in [0.2, 0.25) is 0 Å².